The highest BCUT2D eigenvalue weighted by Crippen LogP contribution is 2.21. The van der Waals surface area contributed by atoms with Gasteiger partial charge in [0.2, 0.25) is 0 Å². The lowest BCUT2D eigenvalue weighted by atomic mass is 10.1. The lowest BCUT2D eigenvalue weighted by Gasteiger charge is -2.19. The van der Waals surface area contributed by atoms with Crippen molar-refractivity contribution in [2.45, 2.75) is 6.04 Å². The van der Waals surface area contributed by atoms with Crippen molar-refractivity contribution >= 4 is 22.2 Å². The van der Waals surface area contributed by atoms with Crippen molar-refractivity contribution in [3.8, 4) is 0 Å². The number of thiazole rings is 1. The number of amides is 1. The molecule has 0 radical (unpaired) electrons. The van der Waals surface area contributed by atoms with Crippen LogP contribution in [0.5, 0.6) is 0 Å². The number of hydrogen-bond donors (Lipinski definition) is 1. The van der Waals surface area contributed by atoms with E-state index in [4.69, 9.17) is 0 Å². The van der Waals surface area contributed by atoms with Crippen LogP contribution in [0.25, 0.3) is 4.96 Å². The quantitative estimate of drug-likeness (QED) is 0.586. The molecule has 1 N–H and O–H groups in total. The van der Waals surface area contributed by atoms with Gasteiger partial charge in [-0.25, -0.2) is 14.4 Å². The topological polar surface area (TPSA) is 81.3 Å². The molecule has 0 saturated heterocycles. The predicted molar refractivity (Wildman–Crippen MR) is 98.3 cm³/mol. The number of aryl methyl sites for hydroxylation is 1. The first-order chi connectivity index (χ1) is 13.0. The molecule has 4 aromatic rings. The van der Waals surface area contributed by atoms with E-state index in [9.17, 15) is 14.0 Å². The van der Waals surface area contributed by atoms with Crippen LogP contribution >= 0.6 is 11.3 Å². The number of benzene rings is 1. The SMILES string of the molecule is Cn1ccnc1[C@H](NC(=O)c1cnc2sccn2c1=O)c1ccc(F)cc1. The second-order valence-electron chi connectivity index (χ2n) is 5.89. The van der Waals surface area contributed by atoms with Crippen molar-refractivity contribution in [1.82, 2.24) is 24.3 Å². The maximum Gasteiger partial charge on any atom is 0.271 e. The molecule has 3 heterocycles. The maximum atomic E-state index is 13.3. The molecular weight excluding hydrogens is 369 g/mol. The third-order valence-electron chi connectivity index (χ3n) is 4.18. The van der Waals surface area contributed by atoms with Crippen molar-refractivity contribution in [2.24, 2.45) is 7.05 Å². The molecule has 0 unspecified atom stereocenters. The van der Waals surface area contributed by atoms with Crippen molar-refractivity contribution < 1.29 is 9.18 Å². The summed E-state index contributed by atoms with van der Waals surface area (Å²) >= 11 is 1.31. The van der Waals surface area contributed by atoms with Crippen molar-refractivity contribution in [2.75, 3.05) is 0 Å². The van der Waals surface area contributed by atoms with Crippen molar-refractivity contribution in [1.29, 1.82) is 0 Å². The summed E-state index contributed by atoms with van der Waals surface area (Å²) in [4.78, 5) is 34.3. The Labute approximate surface area is 156 Å². The Hall–Kier alpha value is -3.33. The molecule has 136 valence electrons. The number of aromatic nitrogens is 4. The van der Waals surface area contributed by atoms with Gasteiger partial charge in [-0.15, -0.1) is 11.3 Å². The third-order valence-corrected chi connectivity index (χ3v) is 4.95. The minimum Gasteiger partial charge on any atom is -0.338 e. The first kappa shape index (κ1) is 17.1. The molecule has 0 saturated carbocycles. The van der Waals surface area contributed by atoms with E-state index < -0.39 is 17.5 Å². The number of halogens is 1. The highest BCUT2D eigenvalue weighted by molar-refractivity contribution is 7.15. The van der Waals surface area contributed by atoms with E-state index >= 15 is 0 Å². The lowest BCUT2D eigenvalue weighted by molar-refractivity contribution is 0.0939. The molecule has 7 nitrogen and oxygen atoms in total. The Kier molecular flexibility index (Phi) is 4.28. The Morgan fingerprint density at radius 2 is 2.00 bits per heavy atom. The number of imidazole rings is 1. The molecule has 3 aromatic heterocycles. The lowest BCUT2D eigenvalue weighted by Crippen LogP contribution is -2.35. The monoisotopic (exact) mass is 383 g/mol. The fraction of sp³-hybridized carbons (Fsp3) is 0.111. The second kappa shape index (κ2) is 6.76. The van der Waals surface area contributed by atoms with E-state index in [2.05, 4.69) is 15.3 Å². The largest absolute Gasteiger partial charge is 0.338 e. The Bertz CT molecular complexity index is 1180. The fourth-order valence-corrected chi connectivity index (χ4v) is 3.47. The van der Waals surface area contributed by atoms with Crippen LogP contribution in [-0.4, -0.2) is 24.8 Å². The summed E-state index contributed by atoms with van der Waals surface area (Å²) in [5, 5.41) is 4.54. The summed E-state index contributed by atoms with van der Waals surface area (Å²) in [6.45, 7) is 0. The minimum atomic E-state index is -0.652. The first-order valence-electron chi connectivity index (χ1n) is 8.03. The van der Waals surface area contributed by atoms with Crippen LogP contribution in [0.2, 0.25) is 0 Å². The molecule has 9 heteroatoms. The number of hydrogen-bond acceptors (Lipinski definition) is 5. The van der Waals surface area contributed by atoms with Crippen LogP contribution in [0.3, 0.4) is 0 Å². The zero-order valence-electron chi connectivity index (χ0n) is 14.2. The Morgan fingerprint density at radius 1 is 1.22 bits per heavy atom. The van der Waals surface area contributed by atoms with Crippen LogP contribution in [0.4, 0.5) is 4.39 Å². The third kappa shape index (κ3) is 3.13. The molecule has 0 bridgehead atoms. The first-order valence-corrected chi connectivity index (χ1v) is 8.91. The van der Waals surface area contributed by atoms with E-state index in [0.29, 0.717) is 16.3 Å². The summed E-state index contributed by atoms with van der Waals surface area (Å²) < 4.78 is 16.4. The van der Waals surface area contributed by atoms with Crippen LogP contribution < -0.4 is 10.9 Å². The number of carbonyl (C=O) groups is 1. The van der Waals surface area contributed by atoms with Gasteiger partial charge in [0, 0.05) is 37.2 Å². The van der Waals surface area contributed by atoms with Crippen molar-refractivity contribution in [3.05, 3.63) is 87.6 Å². The fourth-order valence-electron chi connectivity index (χ4n) is 2.80. The molecule has 0 spiro atoms. The van der Waals surface area contributed by atoms with E-state index in [1.54, 1.807) is 47.7 Å². The number of fused-ring (bicyclic) bond motifs is 1. The maximum absolute atomic E-state index is 13.3. The Morgan fingerprint density at radius 3 is 2.70 bits per heavy atom. The molecule has 1 atom stereocenters. The van der Waals surface area contributed by atoms with Gasteiger partial charge in [-0.2, -0.15) is 0 Å². The predicted octanol–water partition coefficient (Wildman–Crippen LogP) is 2.15. The molecule has 0 aliphatic carbocycles. The van der Waals surface area contributed by atoms with E-state index in [1.807, 2.05) is 0 Å². The Balaban J connectivity index is 1.73. The number of rotatable bonds is 4. The molecule has 1 amide bonds. The molecule has 0 aliphatic rings. The number of nitrogens with one attached hydrogen (secondary N) is 1. The summed E-state index contributed by atoms with van der Waals surface area (Å²) in [6, 6.07) is 5.11. The number of nitrogens with zero attached hydrogens (tertiary/aromatic N) is 4. The van der Waals surface area contributed by atoms with Crippen LogP contribution in [0.1, 0.15) is 27.8 Å². The van der Waals surface area contributed by atoms with Gasteiger partial charge in [0.05, 0.1) is 0 Å². The van der Waals surface area contributed by atoms with Gasteiger partial charge in [0.15, 0.2) is 4.96 Å². The smallest absolute Gasteiger partial charge is 0.271 e. The standard InChI is InChI=1S/C18H14FN5O2S/c1-23-7-6-20-15(23)14(11-2-4-12(19)5-3-11)22-16(25)13-10-21-18-24(17(13)26)8-9-27-18/h2-10,14H,1H3,(H,22,25)/t14-/m1/s1. The van der Waals surface area contributed by atoms with E-state index in [1.165, 1.54) is 34.1 Å². The second-order valence-corrected chi connectivity index (χ2v) is 6.76. The molecular formula is C18H14FN5O2S. The van der Waals surface area contributed by atoms with Gasteiger partial charge in [0.25, 0.3) is 11.5 Å². The van der Waals surface area contributed by atoms with Gasteiger partial charge in [0.1, 0.15) is 23.2 Å². The highest BCUT2D eigenvalue weighted by atomic mass is 32.1. The average Bonchev–Trinajstić information content (AvgIpc) is 3.30. The summed E-state index contributed by atoms with van der Waals surface area (Å²) in [6.07, 6.45) is 6.18. The van der Waals surface area contributed by atoms with Gasteiger partial charge < -0.3 is 9.88 Å². The molecule has 0 aliphatic heterocycles. The summed E-state index contributed by atoms with van der Waals surface area (Å²) in [5.74, 6) is -0.404. The number of carbonyl (C=O) groups excluding carboxylic acids is 1. The molecule has 0 fully saturated rings. The van der Waals surface area contributed by atoms with Gasteiger partial charge in [-0.3, -0.25) is 14.0 Å². The van der Waals surface area contributed by atoms with Crippen LogP contribution in [-0.2, 0) is 7.05 Å². The zero-order valence-corrected chi connectivity index (χ0v) is 15.0. The minimum absolute atomic E-state index is 0.0766. The van der Waals surface area contributed by atoms with Gasteiger partial charge >= 0.3 is 0 Å². The average molecular weight is 383 g/mol. The molecule has 4 rings (SSSR count). The van der Waals surface area contributed by atoms with Gasteiger partial charge in [-0.05, 0) is 17.7 Å². The normalized spacial score (nSPS) is 12.2. The summed E-state index contributed by atoms with van der Waals surface area (Å²) in [7, 11) is 1.79. The van der Waals surface area contributed by atoms with Crippen LogP contribution in [0.15, 0.2) is 59.2 Å². The molecule has 1 aromatic carbocycles. The molecule has 27 heavy (non-hydrogen) atoms. The summed E-state index contributed by atoms with van der Waals surface area (Å²) in [5.41, 5.74) is 0.118. The zero-order chi connectivity index (χ0) is 19.0. The van der Waals surface area contributed by atoms with E-state index in [-0.39, 0.29) is 11.4 Å². The van der Waals surface area contributed by atoms with E-state index in [0.717, 1.165) is 0 Å². The van der Waals surface area contributed by atoms with Gasteiger partial charge in [-0.1, -0.05) is 12.1 Å². The van der Waals surface area contributed by atoms with Crippen molar-refractivity contribution in [3.63, 3.8) is 0 Å². The highest BCUT2D eigenvalue weighted by Gasteiger charge is 2.23. The van der Waals surface area contributed by atoms with Crippen LogP contribution in [0, 0.1) is 5.82 Å².